The van der Waals surface area contributed by atoms with Gasteiger partial charge in [0.25, 0.3) is 0 Å². The number of aryl methyl sites for hydroxylation is 1. The zero-order valence-electron chi connectivity index (χ0n) is 9.36. The summed E-state index contributed by atoms with van der Waals surface area (Å²) >= 11 is 0. The van der Waals surface area contributed by atoms with Crippen molar-refractivity contribution in [3.05, 3.63) is 17.8 Å². The monoisotopic (exact) mass is 211 g/mol. The largest absolute Gasteiger partial charge is 0.382 e. The lowest BCUT2D eigenvalue weighted by atomic mass is 10.3. The van der Waals surface area contributed by atoms with E-state index in [4.69, 9.17) is 9.47 Å². The van der Waals surface area contributed by atoms with Crippen molar-refractivity contribution in [1.82, 2.24) is 10.2 Å². The van der Waals surface area contributed by atoms with Gasteiger partial charge in [0.1, 0.15) is 5.82 Å². The molecule has 0 amide bonds. The summed E-state index contributed by atoms with van der Waals surface area (Å²) in [5, 5.41) is 10.9. The van der Waals surface area contributed by atoms with Crippen LogP contribution in [0.15, 0.2) is 12.3 Å². The zero-order valence-corrected chi connectivity index (χ0v) is 9.36. The molecular formula is C10H17N3O2. The van der Waals surface area contributed by atoms with E-state index in [1.807, 2.05) is 13.0 Å². The number of anilines is 1. The van der Waals surface area contributed by atoms with Crippen molar-refractivity contribution in [2.75, 3.05) is 32.7 Å². The Hall–Kier alpha value is -1.20. The third-order valence-electron chi connectivity index (χ3n) is 1.99. The molecule has 0 aliphatic heterocycles. The number of hydrogen-bond donors (Lipinski definition) is 1. The number of nitrogens with zero attached hydrogens (tertiary/aromatic N) is 2. The van der Waals surface area contributed by atoms with Gasteiger partial charge in [-0.05, 0) is 18.6 Å². The average Bonchev–Trinajstić information content (AvgIpc) is 2.24. The molecule has 0 saturated heterocycles. The summed E-state index contributed by atoms with van der Waals surface area (Å²) in [5.41, 5.74) is 1.08. The van der Waals surface area contributed by atoms with Crippen LogP contribution in [0.2, 0.25) is 0 Å². The van der Waals surface area contributed by atoms with Crippen molar-refractivity contribution in [3.8, 4) is 0 Å². The van der Waals surface area contributed by atoms with Crippen LogP contribution < -0.4 is 5.32 Å². The van der Waals surface area contributed by atoms with Crippen molar-refractivity contribution in [2.45, 2.75) is 13.0 Å². The molecule has 0 aliphatic rings. The second-order valence-electron chi connectivity index (χ2n) is 3.31. The lowest BCUT2D eigenvalue weighted by molar-refractivity contribution is 0.0365. The highest BCUT2D eigenvalue weighted by Crippen LogP contribution is 2.03. The van der Waals surface area contributed by atoms with E-state index in [0.717, 1.165) is 11.4 Å². The molecule has 1 heterocycles. The van der Waals surface area contributed by atoms with Crippen LogP contribution in [-0.2, 0) is 9.47 Å². The van der Waals surface area contributed by atoms with Gasteiger partial charge in [0.15, 0.2) is 0 Å². The molecule has 1 N–H and O–H groups in total. The van der Waals surface area contributed by atoms with Gasteiger partial charge in [-0.2, -0.15) is 5.10 Å². The first-order valence-electron chi connectivity index (χ1n) is 4.81. The number of ether oxygens (including phenoxy) is 2. The molecule has 1 unspecified atom stereocenters. The number of nitrogens with one attached hydrogen (secondary N) is 1. The van der Waals surface area contributed by atoms with Gasteiger partial charge in [0, 0.05) is 20.8 Å². The highest BCUT2D eigenvalue weighted by atomic mass is 16.5. The van der Waals surface area contributed by atoms with E-state index < -0.39 is 0 Å². The molecule has 15 heavy (non-hydrogen) atoms. The third-order valence-corrected chi connectivity index (χ3v) is 1.99. The van der Waals surface area contributed by atoms with Crippen LogP contribution in [0, 0.1) is 6.92 Å². The summed E-state index contributed by atoms with van der Waals surface area (Å²) in [6.45, 7) is 3.19. The maximum atomic E-state index is 5.21. The number of aromatic nitrogens is 2. The van der Waals surface area contributed by atoms with Gasteiger partial charge in [-0.3, -0.25) is 0 Å². The molecule has 1 aromatic rings. The first kappa shape index (κ1) is 11.9. The number of rotatable bonds is 6. The lowest BCUT2D eigenvalue weighted by Gasteiger charge is -2.15. The van der Waals surface area contributed by atoms with Crippen molar-refractivity contribution < 1.29 is 9.47 Å². The van der Waals surface area contributed by atoms with E-state index in [1.165, 1.54) is 0 Å². The first-order valence-corrected chi connectivity index (χ1v) is 4.81. The van der Waals surface area contributed by atoms with Gasteiger partial charge in [-0.15, -0.1) is 5.10 Å². The van der Waals surface area contributed by atoms with Crippen molar-refractivity contribution in [3.63, 3.8) is 0 Å². The third kappa shape index (κ3) is 4.22. The van der Waals surface area contributed by atoms with Gasteiger partial charge >= 0.3 is 0 Å². The highest BCUT2D eigenvalue weighted by molar-refractivity contribution is 5.34. The maximum Gasteiger partial charge on any atom is 0.148 e. The summed E-state index contributed by atoms with van der Waals surface area (Å²) in [5.74, 6) is 0.758. The number of methoxy groups -OCH3 is 2. The molecule has 5 heteroatoms. The van der Waals surface area contributed by atoms with E-state index in [-0.39, 0.29) is 6.10 Å². The smallest absolute Gasteiger partial charge is 0.148 e. The van der Waals surface area contributed by atoms with Crippen LogP contribution in [-0.4, -0.2) is 43.7 Å². The molecule has 84 valence electrons. The van der Waals surface area contributed by atoms with Crippen molar-refractivity contribution >= 4 is 5.82 Å². The van der Waals surface area contributed by atoms with Gasteiger partial charge in [0.2, 0.25) is 0 Å². The molecular weight excluding hydrogens is 194 g/mol. The standard InChI is InChI=1S/C10H17N3O2/c1-8-4-10(13-12-5-8)11-6-9(15-3)7-14-2/h4-5,9H,6-7H2,1-3H3,(H,11,13). The second-order valence-corrected chi connectivity index (χ2v) is 3.31. The molecule has 0 radical (unpaired) electrons. The van der Waals surface area contributed by atoms with Crippen LogP contribution in [0.5, 0.6) is 0 Å². The Labute approximate surface area is 89.8 Å². The van der Waals surface area contributed by atoms with E-state index >= 15 is 0 Å². The van der Waals surface area contributed by atoms with E-state index in [9.17, 15) is 0 Å². The predicted molar refractivity (Wildman–Crippen MR) is 57.9 cm³/mol. The molecule has 1 aromatic heterocycles. The van der Waals surface area contributed by atoms with Crippen molar-refractivity contribution in [1.29, 1.82) is 0 Å². The predicted octanol–water partition coefficient (Wildman–Crippen LogP) is 0.858. The normalized spacial score (nSPS) is 12.5. The fourth-order valence-corrected chi connectivity index (χ4v) is 1.16. The van der Waals surface area contributed by atoms with Gasteiger partial charge < -0.3 is 14.8 Å². The molecule has 0 saturated carbocycles. The van der Waals surface area contributed by atoms with Crippen LogP contribution >= 0.6 is 0 Å². The molecule has 1 atom stereocenters. The molecule has 0 aliphatic carbocycles. The SMILES string of the molecule is COCC(CNc1cc(C)cnn1)OC. The Morgan fingerprint density at radius 3 is 2.87 bits per heavy atom. The van der Waals surface area contributed by atoms with Gasteiger partial charge in [-0.1, -0.05) is 0 Å². The lowest BCUT2D eigenvalue weighted by Crippen LogP contribution is -2.26. The Bertz CT molecular complexity index is 294. The molecule has 0 aromatic carbocycles. The van der Waals surface area contributed by atoms with Crippen LogP contribution in [0.3, 0.4) is 0 Å². The Balaban J connectivity index is 2.41. The summed E-state index contributed by atoms with van der Waals surface area (Å²) in [6.07, 6.45) is 1.74. The van der Waals surface area contributed by atoms with E-state index in [2.05, 4.69) is 15.5 Å². The van der Waals surface area contributed by atoms with Crippen molar-refractivity contribution in [2.24, 2.45) is 0 Å². The molecule has 0 spiro atoms. The Morgan fingerprint density at radius 1 is 1.47 bits per heavy atom. The fraction of sp³-hybridized carbons (Fsp3) is 0.600. The first-order chi connectivity index (χ1) is 7.26. The molecule has 5 nitrogen and oxygen atoms in total. The van der Waals surface area contributed by atoms with Gasteiger partial charge in [-0.25, -0.2) is 0 Å². The van der Waals surface area contributed by atoms with Gasteiger partial charge in [0.05, 0.1) is 18.9 Å². The minimum Gasteiger partial charge on any atom is -0.382 e. The average molecular weight is 211 g/mol. The Morgan fingerprint density at radius 2 is 2.27 bits per heavy atom. The molecule has 0 bridgehead atoms. The minimum absolute atomic E-state index is 0.0253. The summed E-state index contributed by atoms with van der Waals surface area (Å²) < 4.78 is 10.2. The van der Waals surface area contributed by atoms with E-state index in [1.54, 1.807) is 20.4 Å². The van der Waals surface area contributed by atoms with Crippen LogP contribution in [0.25, 0.3) is 0 Å². The topological polar surface area (TPSA) is 56.3 Å². The van der Waals surface area contributed by atoms with E-state index in [0.29, 0.717) is 13.2 Å². The summed E-state index contributed by atoms with van der Waals surface area (Å²) in [7, 11) is 3.31. The van der Waals surface area contributed by atoms with Crippen LogP contribution in [0.1, 0.15) is 5.56 Å². The Kier molecular flexibility index (Phi) is 5.00. The maximum absolute atomic E-state index is 5.21. The molecule has 0 fully saturated rings. The summed E-state index contributed by atoms with van der Waals surface area (Å²) in [6, 6.07) is 1.94. The quantitative estimate of drug-likeness (QED) is 0.756. The van der Waals surface area contributed by atoms with Crippen LogP contribution in [0.4, 0.5) is 5.82 Å². The molecule has 1 rings (SSSR count). The summed E-state index contributed by atoms with van der Waals surface area (Å²) in [4.78, 5) is 0. The number of hydrogen-bond acceptors (Lipinski definition) is 5. The second kappa shape index (κ2) is 6.31. The highest BCUT2D eigenvalue weighted by Gasteiger charge is 2.06. The fourth-order valence-electron chi connectivity index (χ4n) is 1.16. The minimum atomic E-state index is 0.0253. The zero-order chi connectivity index (χ0) is 11.1.